The van der Waals surface area contributed by atoms with Gasteiger partial charge in [-0.25, -0.2) is 0 Å². The summed E-state index contributed by atoms with van der Waals surface area (Å²) in [7, 11) is 0. The van der Waals surface area contributed by atoms with E-state index in [1.54, 1.807) is 12.1 Å². The van der Waals surface area contributed by atoms with Gasteiger partial charge >= 0.3 is 0 Å². The van der Waals surface area contributed by atoms with Gasteiger partial charge in [0.15, 0.2) is 0 Å². The van der Waals surface area contributed by atoms with Crippen LogP contribution in [0.2, 0.25) is 0 Å². The number of nitro groups is 1. The Morgan fingerprint density at radius 2 is 1.90 bits per heavy atom. The smallest absolute Gasteiger partial charge is 0.293 e. The molecular weight excluding hydrogens is 372 g/mol. The van der Waals surface area contributed by atoms with Crippen LogP contribution in [0, 0.1) is 10.1 Å². The number of nitrogens with zero attached hydrogens (tertiary/aromatic N) is 2. The number of hydrogen-bond donors (Lipinski definition) is 3. The monoisotopic (exact) mass is 404 g/mol. The SMILES string of the molecule is CC(C)NC(=O)c1ccc(NC2CCN(C3CCCCC3O)CC2)c([N+](=O)[O-])c1. The summed E-state index contributed by atoms with van der Waals surface area (Å²) in [6.07, 6.45) is 5.70. The third-order valence-corrected chi connectivity index (χ3v) is 5.93. The van der Waals surface area contributed by atoms with Gasteiger partial charge in [-0.15, -0.1) is 0 Å². The topological polar surface area (TPSA) is 108 Å². The summed E-state index contributed by atoms with van der Waals surface area (Å²) in [6, 6.07) is 4.95. The number of carbonyl (C=O) groups excluding carboxylic acids is 1. The van der Waals surface area contributed by atoms with Crippen LogP contribution in [0.4, 0.5) is 11.4 Å². The number of benzene rings is 1. The molecule has 2 fully saturated rings. The first kappa shape index (κ1) is 21.5. The van der Waals surface area contributed by atoms with Crippen molar-refractivity contribution in [3.05, 3.63) is 33.9 Å². The van der Waals surface area contributed by atoms with Gasteiger partial charge in [0, 0.05) is 42.8 Å². The minimum Gasteiger partial charge on any atom is -0.391 e. The van der Waals surface area contributed by atoms with Gasteiger partial charge in [0.1, 0.15) is 5.69 Å². The lowest BCUT2D eigenvalue weighted by atomic mass is 9.89. The highest BCUT2D eigenvalue weighted by Gasteiger charge is 2.32. The maximum atomic E-state index is 12.2. The van der Waals surface area contributed by atoms with Crippen LogP contribution in [0.3, 0.4) is 0 Å². The molecule has 2 atom stereocenters. The van der Waals surface area contributed by atoms with Crippen molar-refractivity contribution in [3.63, 3.8) is 0 Å². The maximum Gasteiger partial charge on any atom is 0.293 e. The average molecular weight is 405 g/mol. The highest BCUT2D eigenvalue weighted by atomic mass is 16.6. The molecule has 29 heavy (non-hydrogen) atoms. The minimum atomic E-state index is -0.442. The van der Waals surface area contributed by atoms with E-state index in [1.165, 1.54) is 12.5 Å². The first-order chi connectivity index (χ1) is 13.8. The molecule has 1 aromatic carbocycles. The number of carbonyl (C=O) groups is 1. The van der Waals surface area contributed by atoms with Crippen LogP contribution in [0.15, 0.2) is 18.2 Å². The molecule has 3 rings (SSSR count). The normalized spacial score (nSPS) is 23.7. The Morgan fingerprint density at radius 3 is 2.52 bits per heavy atom. The van der Waals surface area contributed by atoms with Gasteiger partial charge in [-0.2, -0.15) is 0 Å². The van der Waals surface area contributed by atoms with E-state index >= 15 is 0 Å². The van der Waals surface area contributed by atoms with Gasteiger partial charge in [-0.3, -0.25) is 19.8 Å². The van der Waals surface area contributed by atoms with Gasteiger partial charge in [0.25, 0.3) is 11.6 Å². The van der Waals surface area contributed by atoms with Crippen molar-refractivity contribution in [2.75, 3.05) is 18.4 Å². The van der Waals surface area contributed by atoms with E-state index in [4.69, 9.17) is 0 Å². The molecule has 0 bridgehead atoms. The molecule has 1 amide bonds. The fourth-order valence-corrected chi connectivity index (χ4v) is 4.40. The van der Waals surface area contributed by atoms with Crippen LogP contribution in [-0.4, -0.2) is 58.2 Å². The summed E-state index contributed by atoms with van der Waals surface area (Å²) in [5.74, 6) is -0.311. The summed E-state index contributed by atoms with van der Waals surface area (Å²) in [5, 5.41) is 27.9. The van der Waals surface area contributed by atoms with Crippen molar-refractivity contribution in [3.8, 4) is 0 Å². The molecule has 0 spiro atoms. The highest BCUT2D eigenvalue weighted by Crippen LogP contribution is 2.30. The van der Waals surface area contributed by atoms with Crippen LogP contribution >= 0.6 is 0 Å². The lowest BCUT2D eigenvalue weighted by molar-refractivity contribution is -0.384. The quantitative estimate of drug-likeness (QED) is 0.497. The predicted octanol–water partition coefficient (Wildman–Crippen LogP) is 2.91. The number of amides is 1. The molecule has 8 nitrogen and oxygen atoms in total. The molecule has 160 valence electrons. The zero-order chi connectivity index (χ0) is 21.0. The number of aliphatic hydroxyl groups is 1. The largest absolute Gasteiger partial charge is 0.391 e. The number of piperidine rings is 1. The summed E-state index contributed by atoms with van der Waals surface area (Å²) in [4.78, 5) is 25.6. The predicted molar refractivity (Wildman–Crippen MR) is 112 cm³/mol. The molecule has 1 saturated heterocycles. The average Bonchev–Trinajstić information content (AvgIpc) is 2.68. The lowest BCUT2D eigenvalue weighted by Crippen LogP contribution is -2.50. The van der Waals surface area contributed by atoms with Gasteiger partial charge in [-0.1, -0.05) is 12.8 Å². The Balaban J connectivity index is 1.63. The Labute approximate surface area is 171 Å². The van der Waals surface area contributed by atoms with Crippen molar-refractivity contribution in [1.82, 2.24) is 10.2 Å². The first-order valence-electron chi connectivity index (χ1n) is 10.6. The first-order valence-corrected chi connectivity index (χ1v) is 10.6. The second kappa shape index (κ2) is 9.54. The van der Waals surface area contributed by atoms with Crippen LogP contribution in [0.1, 0.15) is 62.7 Å². The third kappa shape index (κ3) is 5.45. The molecule has 3 N–H and O–H groups in total. The van der Waals surface area contributed by atoms with Crippen molar-refractivity contribution in [2.45, 2.75) is 76.6 Å². The van der Waals surface area contributed by atoms with E-state index in [-0.39, 0.29) is 41.4 Å². The second-order valence-corrected chi connectivity index (χ2v) is 8.49. The molecule has 1 saturated carbocycles. The summed E-state index contributed by atoms with van der Waals surface area (Å²) >= 11 is 0. The molecule has 2 aliphatic rings. The van der Waals surface area contributed by atoms with Crippen LogP contribution in [0.25, 0.3) is 0 Å². The van der Waals surface area contributed by atoms with E-state index in [0.717, 1.165) is 45.2 Å². The molecule has 1 aliphatic heterocycles. The zero-order valence-electron chi connectivity index (χ0n) is 17.3. The molecule has 0 aromatic heterocycles. The standard InChI is InChI=1S/C21H32N4O4/c1-14(2)22-21(27)15-7-8-17(19(13-15)25(28)29)23-16-9-11-24(12-10-16)18-5-3-4-6-20(18)26/h7-8,13-14,16,18,20,23,26H,3-6,9-12H2,1-2H3,(H,22,27). The number of aliphatic hydroxyl groups excluding tert-OH is 1. The Bertz CT molecular complexity index is 731. The fourth-order valence-electron chi connectivity index (χ4n) is 4.40. The number of nitrogens with one attached hydrogen (secondary N) is 2. The molecule has 2 unspecified atom stereocenters. The fraction of sp³-hybridized carbons (Fsp3) is 0.667. The van der Waals surface area contributed by atoms with E-state index in [1.807, 2.05) is 13.8 Å². The van der Waals surface area contributed by atoms with E-state index < -0.39 is 4.92 Å². The number of anilines is 1. The van der Waals surface area contributed by atoms with Gasteiger partial charge < -0.3 is 15.7 Å². The molecule has 0 radical (unpaired) electrons. The minimum absolute atomic E-state index is 0.0350. The van der Waals surface area contributed by atoms with Gasteiger partial charge in [0.2, 0.25) is 0 Å². The summed E-state index contributed by atoms with van der Waals surface area (Å²) in [6.45, 7) is 5.45. The number of nitro benzene ring substituents is 1. The van der Waals surface area contributed by atoms with E-state index in [9.17, 15) is 20.0 Å². The summed E-state index contributed by atoms with van der Waals surface area (Å²) in [5.41, 5.74) is 0.663. The van der Waals surface area contributed by atoms with Gasteiger partial charge in [0.05, 0.1) is 11.0 Å². The number of likely N-dealkylation sites (tertiary alicyclic amines) is 1. The Kier molecular flexibility index (Phi) is 7.08. The third-order valence-electron chi connectivity index (χ3n) is 5.93. The van der Waals surface area contributed by atoms with E-state index in [0.29, 0.717) is 5.69 Å². The molecule has 1 aliphatic carbocycles. The summed E-state index contributed by atoms with van der Waals surface area (Å²) < 4.78 is 0. The molecule has 1 heterocycles. The highest BCUT2D eigenvalue weighted by molar-refractivity contribution is 5.95. The van der Waals surface area contributed by atoms with Gasteiger partial charge in [-0.05, 0) is 51.7 Å². The molecular formula is C21H32N4O4. The molecule has 8 heteroatoms. The van der Waals surface area contributed by atoms with Crippen molar-refractivity contribution >= 4 is 17.3 Å². The second-order valence-electron chi connectivity index (χ2n) is 8.49. The number of hydrogen-bond acceptors (Lipinski definition) is 6. The van der Waals surface area contributed by atoms with Crippen molar-refractivity contribution in [2.24, 2.45) is 0 Å². The molecule has 1 aromatic rings. The zero-order valence-corrected chi connectivity index (χ0v) is 17.3. The van der Waals surface area contributed by atoms with Crippen molar-refractivity contribution in [1.29, 1.82) is 0 Å². The lowest BCUT2D eigenvalue weighted by Gasteiger charge is -2.41. The number of rotatable bonds is 6. The Morgan fingerprint density at radius 1 is 1.21 bits per heavy atom. The van der Waals surface area contributed by atoms with Crippen molar-refractivity contribution < 1.29 is 14.8 Å². The van der Waals surface area contributed by atoms with E-state index in [2.05, 4.69) is 15.5 Å². The van der Waals surface area contributed by atoms with Crippen LogP contribution in [0.5, 0.6) is 0 Å². The Hall–Kier alpha value is -2.19. The van der Waals surface area contributed by atoms with Crippen LogP contribution in [-0.2, 0) is 0 Å². The maximum absolute atomic E-state index is 12.2. The van der Waals surface area contributed by atoms with Crippen LogP contribution < -0.4 is 10.6 Å².